The maximum absolute atomic E-state index is 9.00. The van der Waals surface area contributed by atoms with E-state index in [4.69, 9.17) is 10.8 Å². The smallest absolute Gasteiger partial charge is 0.106 e. The van der Waals surface area contributed by atoms with Crippen LogP contribution in [0.15, 0.2) is 17.6 Å². The summed E-state index contributed by atoms with van der Waals surface area (Å²) in [7, 11) is 0. The summed E-state index contributed by atoms with van der Waals surface area (Å²) in [5, 5.41) is 9.00. The third kappa shape index (κ3) is 2.28. The minimum atomic E-state index is 0.269. The summed E-state index contributed by atoms with van der Waals surface area (Å²) in [6, 6.07) is 4.73. The summed E-state index contributed by atoms with van der Waals surface area (Å²) < 4.78 is 1.15. The number of rotatable bonds is 4. The van der Waals surface area contributed by atoms with E-state index in [-0.39, 0.29) is 6.61 Å². The number of aliphatic hydroxyl groups excluding tert-OH is 1. The molecular weight excluding hydrogens is 258 g/mol. The highest BCUT2D eigenvalue weighted by atomic mass is 32.1. The fraction of sp³-hybridized carbons (Fsp3) is 0.500. The van der Waals surface area contributed by atoms with Gasteiger partial charge in [0.05, 0.1) is 21.6 Å². The van der Waals surface area contributed by atoms with Gasteiger partial charge in [-0.15, -0.1) is 11.3 Å². The molecule has 0 aliphatic carbocycles. The number of hydrogen-bond donors (Lipinski definition) is 2. The molecule has 3 rings (SSSR count). The molecule has 5 heteroatoms. The summed E-state index contributed by atoms with van der Waals surface area (Å²) in [6.45, 7) is 1.32. The Morgan fingerprint density at radius 3 is 3.21 bits per heavy atom. The molecule has 1 atom stereocenters. The predicted octanol–water partition coefficient (Wildman–Crippen LogP) is 2.62. The Hall–Kier alpha value is -1.33. The van der Waals surface area contributed by atoms with Crippen molar-refractivity contribution in [3.05, 3.63) is 17.6 Å². The van der Waals surface area contributed by atoms with Crippen LogP contribution in [-0.4, -0.2) is 29.3 Å². The molecule has 0 saturated carbocycles. The number of aliphatic hydroxyl groups is 1. The summed E-state index contributed by atoms with van der Waals surface area (Å²) in [5.41, 5.74) is 11.0. The molecule has 0 bridgehead atoms. The lowest BCUT2D eigenvalue weighted by Gasteiger charge is -2.28. The number of benzene rings is 1. The Labute approximate surface area is 116 Å². The molecule has 1 saturated heterocycles. The first-order chi connectivity index (χ1) is 9.31. The van der Waals surface area contributed by atoms with E-state index in [1.165, 1.54) is 12.8 Å². The van der Waals surface area contributed by atoms with Gasteiger partial charge in [-0.05, 0) is 37.8 Å². The molecule has 1 aliphatic heterocycles. The van der Waals surface area contributed by atoms with Gasteiger partial charge in [0, 0.05) is 19.2 Å². The van der Waals surface area contributed by atoms with Crippen LogP contribution in [0.4, 0.5) is 11.4 Å². The molecule has 1 fully saturated rings. The first-order valence-electron chi connectivity index (χ1n) is 6.80. The van der Waals surface area contributed by atoms with Crippen molar-refractivity contribution in [2.45, 2.75) is 31.7 Å². The van der Waals surface area contributed by atoms with Crippen molar-refractivity contribution in [2.24, 2.45) is 0 Å². The Balaban J connectivity index is 1.92. The van der Waals surface area contributed by atoms with Crippen LogP contribution in [0.3, 0.4) is 0 Å². The van der Waals surface area contributed by atoms with Crippen molar-refractivity contribution in [3.63, 3.8) is 0 Å². The lowest BCUT2D eigenvalue weighted by molar-refractivity contribution is 0.279. The van der Waals surface area contributed by atoms with Crippen LogP contribution in [0.1, 0.15) is 25.7 Å². The number of hydrogen-bond acceptors (Lipinski definition) is 5. The summed E-state index contributed by atoms with van der Waals surface area (Å²) in [5.74, 6) is 0. The third-order valence-corrected chi connectivity index (χ3v) is 4.69. The molecule has 2 aromatic rings. The van der Waals surface area contributed by atoms with Gasteiger partial charge in [-0.2, -0.15) is 0 Å². The number of thiazole rings is 1. The van der Waals surface area contributed by atoms with Crippen LogP contribution >= 0.6 is 11.3 Å². The van der Waals surface area contributed by atoms with Crippen molar-refractivity contribution < 1.29 is 5.11 Å². The molecule has 0 spiro atoms. The topological polar surface area (TPSA) is 62.4 Å². The van der Waals surface area contributed by atoms with Crippen LogP contribution in [0.25, 0.3) is 10.2 Å². The normalized spacial score (nSPS) is 19.4. The van der Waals surface area contributed by atoms with E-state index >= 15 is 0 Å². The quantitative estimate of drug-likeness (QED) is 0.843. The molecule has 1 aromatic carbocycles. The van der Waals surface area contributed by atoms with Crippen LogP contribution in [0.5, 0.6) is 0 Å². The molecule has 4 nitrogen and oxygen atoms in total. The highest BCUT2D eigenvalue weighted by molar-refractivity contribution is 7.16. The molecular formula is C14H19N3OS. The second-order valence-corrected chi connectivity index (χ2v) is 5.94. The Morgan fingerprint density at radius 2 is 2.37 bits per heavy atom. The standard InChI is InChI=1S/C14H19N3OS/c15-13-11(5-6-12-14(13)16-9-19-12)17-7-1-3-10(17)4-2-8-18/h5-6,9-10,18H,1-4,7-8,15H2. The minimum absolute atomic E-state index is 0.269. The molecule has 0 radical (unpaired) electrons. The van der Waals surface area contributed by atoms with Crippen molar-refractivity contribution >= 4 is 32.9 Å². The molecule has 19 heavy (non-hydrogen) atoms. The number of nitrogen functional groups attached to an aromatic ring is 1. The van der Waals surface area contributed by atoms with Gasteiger partial charge >= 0.3 is 0 Å². The van der Waals surface area contributed by atoms with Gasteiger partial charge in [-0.3, -0.25) is 0 Å². The van der Waals surface area contributed by atoms with E-state index < -0.39 is 0 Å². The monoisotopic (exact) mass is 277 g/mol. The second-order valence-electron chi connectivity index (χ2n) is 5.05. The molecule has 3 N–H and O–H groups in total. The summed E-state index contributed by atoms with van der Waals surface area (Å²) in [4.78, 5) is 6.76. The van der Waals surface area contributed by atoms with E-state index in [0.29, 0.717) is 6.04 Å². The first-order valence-corrected chi connectivity index (χ1v) is 7.68. The SMILES string of the molecule is Nc1c(N2CCCC2CCCO)ccc2scnc12. The van der Waals surface area contributed by atoms with E-state index in [1.54, 1.807) is 11.3 Å². The fourth-order valence-corrected chi connectivity index (χ4v) is 3.66. The van der Waals surface area contributed by atoms with Crippen LogP contribution in [0.2, 0.25) is 0 Å². The highest BCUT2D eigenvalue weighted by Gasteiger charge is 2.26. The van der Waals surface area contributed by atoms with Gasteiger partial charge in [0.2, 0.25) is 0 Å². The zero-order chi connectivity index (χ0) is 13.2. The first kappa shape index (κ1) is 12.7. The number of anilines is 2. The minimum Gasteiger partial charge on any atom is -0.396 e. The zero-order valence-corrected chi connectivity index (χ0v) is 11.7. The summed E-state index contributed by atoms with van der Waals surface area (Å²) >= 11 is 1.62. The van der Waals surface area contributed by atoms with Crippen molar-refractivity contribution in [1.82, 2.24) is 4.98 Å². The maximum Gasteiger partial charge on any atom is 0.106 e. The molecule has 1 unspecified atom stereocenters. The number of fused-ring (bicyclic) bond motifs is 1. The van der Waals surface area contributed by atoms with Crippen LogP contribution < -0.4 is 10.6 Å². The Bertz CT molecular complexity index is 569. The maximum atomic E-state index is 9.00. The van der Waals surface area contributed by atoms with Gasteiger partial charge in [0.25, 0.3) is 0 Å². The zero-order valence-electron chi connectivity index (χ0n) is 10.9. The Morgan fingerprint density at radius 1 is 1.47 bits per heavy atom. The average Bonchev–Trinajstić information content (AvgIpc) is 3.05. The van der Waals surface area contributed by atoms with Gasteiger partial charge in [-0.25, -0.2) is 4.98 Å². The fourth-order valence-electron chi connectivity index (χ4n) is 2.97. The van der Waals surface area contributed by atoms with Crippen molar-refractivity contribution in [3.8, 4) is 0 Å². The largest absolute Gasteiger partial charge is 0.396 e. The van der Waals surface area contributed by atoms with Gasteiger partial charge < -0.3 is 15.7 Å². The number of nitrogens with two attached hydrogens (primary N) is 1. The Kier molecular flexibility index (Phi) is 3.57. The van der Waals surface area contributed by atoms with Gasteiger partial charge in [-0.1, -0.05) is 0 Å². The second kappa shape index (κ2) is 5.35. The lowest BCUT2D eigenvalue weighted by atomic mass is 10.1. The van der Waals surface area contributed by atoms with Gasteiger partial charge in [0.15, 0.2) is 0 Å². The lowest BCUT2D eigenvalue weighted by Crippen LogP contribution is -2.30. The van der Waals surface area contributed by atoms with E-state index in [9.17, 15) is 0 Å². The van der Waals surface area contributed by atoms with E-state index in [1.807, 2.05) is 5.51 Å². The number of nitrogens with zero attached hydrogens (tertiary/aromatic N) is 2. The molecule has 1 aromatic heterocycles. The van der Waals surface area contributed by atoms with E-state index in [2.05, 4.69) is 22.0 Å². The van der Waals surface area contributed by atoms with Crippen LogP contribution in [0, 0.1) is 0 Å². The third-order valence-electron chi connectivity index (χ3n) is 3.90. The van der Waals surface area contributed by atoms with Crippen molar-refractivity contribution in [1.29, 1.82) is 0 Å². The van der Waals surface area contributed by atoms with E-state index in [0.717, 1.165) is 41.0 Å². The van der Waals surface area contributed by atoms with Crippen molar-refractivity contribution in [2.75, 3.05) is 23.8 Å². The predicted molar refractivity (Wildman–Crippen MR) is 80.7 cm³/mol. The molecule has 2 heterocycles. The van der Waals surface area contributed by atoms with Crippen LogP contribution in [-0.2, 0) is 0 Å². The highest BCUT2D eigenvalue weighted by Crippen LogP contribution is 2.36. The summed E-state index contributed by atoms with van der Waals surface area (Å²) in [6.07, 6.45) is 4.28. The molecule has 1 aliphatic rings. The number of aromatic nitrogens is 1. The molecule has 102 valence electrons. The average molecular weight is 277 g/mol. The molecule has 0 amide bonds. The van der Waals surface area contributed by atoms with Gasteiger partial charge in [0.1, 0.15) is 5.52 Å².